The van der Waals surface area contributed by atoms with E-state index in [4.69, 9.17) is 0 Å². The highest BCUT2D eigenvalue weighted by Crippen LogP contribution is 2.24. The number of rotatable bonds is 9. The first-order chi connectivity index (χ1) is 13.6. The zero-order valence-electron chi connectivity index (χ0n) is 17.2. The van der Waals surface area contributed by atoms with Crippen LogP contribution in [0.1, 0.15) is 33.0 Å². The Morgan fingerprint density at radius 2 is 2.07 bits per heavy atom. The van der Waals surface area contributed by atoms with Crippen molar-refractivity contribution in [1.82, 2.24) is 14.7 Å². The fourth-order valence-corrected chi connectivity index (χ4v) is 3.84. The number of amides is 1. The summed E-state index contributed by atoms with van der Waals surface area (Å²) in [6.45, 7) is 4.61. The molecule has 29 heavy (non-hydrogen) atoms. The number of carbonyl (C=O) groups excluding carboxylic acids is 2. The number of aryl methyl sites for hydroxylation is 2. The number of aromatic nitrogens is 2. The first-order valence-corrected chi connectivity index (χ1v) is 9.88. The van der Waals surface area contributed by atoms with Crippen molar-refractivity contribution in [2.45, 2.75) is 26.8 Å². The van der Waals surface area contributed by atoms with Crippen molar-refractivity contribution >= 4 is 34.9 Å². The SMILES string of the molecule is COC(=O)c1sccc1NC(=O)CC(CN(C)Cc1c(C)nn(C)c1C)C(=O)O. The largest absolute Gasteiger partial charge is 0.481 e. The highest BCUT2D eigenvalue weighted by atomic mass is 32.1. The van der Waals surface area contributed by atoms with Crippen LogP contribution < -0.4 is 5.32 Å². The molecule has 0 saturated carbocycles. The Morgan fingerprint density at radius 3 is 2.62 bits per heavy atom. The Bertz CT molecular complexity index is 905. The van der Waals surface area contributed by atoms with Crippen molar-refractivity contribution in [3.8, 4) is 0 Å². The van der Waals surface area contributed by atoms with E-state index in [2.05, 4.69) is 15.2 Å². The Hall–Kier alpha value is -2.72. The van der Waals surface area contributed by atoms with E-state index in [0.717, 1.165) is 28.3 Å². The minimum atomic E-state index is -1.05. The normalized spacial score (nSPS) is 12.1. The summed E-state index contributed by atoms with van der Waals surface area (Å²) in [6, 6.07) is 1.59. The fourth-order valence-electron chi connectivity index (χ4n) is 3.07. The quantitative estimate of drug-likeness (QED) is 0.595. The van der Waals surface area contributed by atoms with Gasteiger partial charge in [-0.3, -0.25) is 14.3 Å². The van der Waals surface area contributed by atoms with E-state index in [1.165, 1.54) is 7.11 Å². The van der Waals surface area contributed by atoms with Crippen LogP contribution >= 0.6 is 11.3 Å². The lowest BCUT2D eigenvalue weighted by Gasteiger charge is -2.21. The van der Waals surface area contributed by atoms with E-state index in [-0.39, 0.29) is 17.8 Å². The monoisotopic (exact) mass is 422 g/mol. The lowest BCUT2D eigenvalue weighted by molar-refractivity contribution is -0.144. The van der Waals surface area contributed by atoms with Crippen LogP contribution in [0.5, 0.6) is 0 Å². The number of ether oxygens (including phenoxy) is 1. The van der Waals surface area contributed by atoms with Crippen LogP contribution in [0.15, 0.2) is 11.4 Å². The molecule has 158 valence electrons. The first kappa shape index (κ1) is 22.6. The van der Waals surface area contributed by atoms with E-state index >= 15 is 0 Å². The summed E-state index contributed by atoms with van der Waals surface area (Å²) in [4.78, 5) is 37.9. The van der Waals surface area contributed by atoms with Gasteiger partial charge < -0.3 is 20.1 Å². The maximum absolute atomic E-state index is 12.4. The molecular formula is C19H26N4O5S. The minimum Gasteiger partial charge on any atom is -0.481 e. The molecule has 1 amide bonds. The highest BCUT2D eigenvalue weighted by Gasteiger charge is 2.25. The van der Waals surface area contributed by atoms with Gasteiger partial charge in [0.2, 0.25) is 5.91 Å². The van der Waals surface area contributed by atoms with Crippen LogP contribution in [0.2, 0.25) is 0 Å². The molecule has 0 fully saturated rings. The maximum Gasteiger partial charge on any atom is 0.350 e. The average Bonchev–Trinajstić information content (AvgIpc) is 3.20. The molecule has 0 bridgehead atoms. The van der Waals surface area contributed by atoms with Gasteiger partial charge in [-0.1, -0.05) is 0 Å². The summed E-state index contributed by atoms with van der Waals surface area (Å²) in [5.74, 6) is -2.96. The Labute approximate surface area is 173 Å². The number of anilines is 1. The summed E-state index contributed by atoms with van der Waals surface area (Å²) in [5.41, 5.74) is 3.29. The van der Waals surface area contributed by atoms with E-state index in [1.807, 2.05) is 32.8 Å². The van der Waals surface area contributed by atoms with E-state index in [0.29, 0.717) is 12.2 Å². The third-order valence-corrected chi connectivity index (χ3v) is 5.60. The summed E-state index contributed by atoms with van der Waals surface area (Å²) in [5, 5.41) is 18.2. The number of nitrogens with one attached hydrogen (secondary N) is 1. The number of carboxylic acid groups (broad SMARTS) is 1. The van der Waals surface area contributed by atoms with Crippen LogP contribution in [0.25, 0.3) is 0 Å². The molecule has 2 heterocycles. The predicted molar refractivity (Wildman–Crippen MR) is 109 cm³/mol. The van der Waals surface area contributed by atoms with Crippen molar-refractivity contribution in [2.75, 3.05) is 26.0 Å². The molecule has 2 aromatic heterocycles. The number of esters is 1. The summed E-state index contributed by atoms with van der Waals surface area (Å²) < 4.78 is 6.47. The van der Waals surface area contributed by atoms with Gasteiger partial charge in [-0.2, -0.15) is 5.10 Å². The van der Waals surface area contributed by atoms with Crippen LogP contribution in [0.3, 0.4) is 0 Å². The zero-order valence-corrected chi connectivity index (χ0v) is 18.0. The van der Waals surface area contributed by atoms with Crippen molar-refractivity contribution < 1.29 is 24.2 Å². The maximum atomic E-state index is 12.4. The molecule has 10 heteroatoms. The number of aliphatic carboxylic acids is 1. The van der Waals surface area contributed by atoms with Gasteiger partial charge in [-0.25, -0.2) is 4.79 Å². The number of carboxylic acids is 1. The molecule has 0 aliphatic heterocycles. The second-order valence-electron chi connectivity index (χ2n) is 6.91. The number of hydrogen-bond acceptors (Lipinski definition) is 7. The van der Waals surface area contributed by atoms with Crippen LogP contribution in [0, 0.1) is 19.8 Å². The van der Waals surface area contributed by atoms with Gasteiger partial charge >= 0.3 is 11.9 Å². The molecule has 0 aliphatic carbocycles. The number of hydrogen-bond donors (Lipinski definition) is 2. The number of carbonyl (C=O) groups is 3. The molecule has 2 N–H and O–H groups in total. The van der Waals surface area contributed by atoms with Crippen molar-refractivity contribution in [3.05, 3.63) is 33.3 Å². The molecule has 0 saturated heterocycles. The molecule has 0 aliphatic rings. The Kier molecular flexibility index (Phi) is 7.52. The average molecular weight is 423 g/mol. The third kappa shape index (κ3) is 5.64. The molecule has 1 unspecified atom stereocenters. The Morgan fingerprint density at radius 1 is 1.38 bits per heavy atom. The van der Waals surface area contributed by atoms with Gasteiger partial charge in [-0.05, 0) is 32.3 Å². The van der Waals surface area contributed by atoms with Gasteiger partial charge in [-0.15, -0.1) is 11.3 Å². The molecule has 0 spiro atoms. The standard InChI is InChI=1S/C19H26N4O5S/c1-11-14(12(2)23(4)21-11)10-22(3)9-13(18(25)26)8-16(24)20-15-6-7-29-17(15)19(27)28-5/h6-7,13H,8-10H2,1-5H3,(H,20,24)(H,25,26). The smallest absolute Gasteiger partial charge is 0.350 e. The number of methoxy groups -OCH3 is 1. The van der Waals surface area contributed by atoms with Gasteiger partial charge in [0.25, 0.3) is 0 Å². The second-order valence-corrected chi connectivity index (χ2v) is 7.83. The van der Waals surface area contributed by atoms with Crippen molar-refractivity contribution in [2.24, 2.45) is 13.0 Å². The zero-order chi connectivity index (χ0) is 21.7. The van der Waals surface area contributed by atoms with Crippen LogP contribution in [-0.4, -0.2) is 58.3 Å². The van der Waals surface area contributed by atoms with Crippen LogP contribution in [0.4, 0.5) is 5.69 Å². The van der Waals surface area contributed by atoms with Crippen molar-refractivity contribution in [1.29, 1.82) is 0 Å². The van der Waals surface area contributed by atoms with E-state index in [9.17, 15) is 19.5 Å². The minimum absolute atomic E-state index is 0.198. The lowest BCUT2D eigenvalue weighted by Crippen LogP contribution is -2.33. The summed E-state index contributed by atoms with van der Waals surface area (Å²) in [7, 11) is 4.94. The molecule has 2 rings (SSSR count). The summed E-state index contributed by atoms with van der Waals surface area (Å²) >= 11 is 1.14. The first-order valence-electron chi connectivity index (χ1n) is 9.00. The van der Waals surface area contributed by atoms with E-state index < -0.39 is 23.8 Å². The van der Waals surface area contributed by atoms with Crippen molar-refractivity contribution in [3.63, 3.8) is 0 Å². The van der Waals surface area contributed by atoms with E-state index in [1.54, 1.807) is 16.1 Å². The highest BCUT2D eigenvalue weighted by molar-refractivity contribution is 7.12. The molecule has 1 atom stereocenters. The molecule has 2 aromatic rings. The summed E-state index contributed by atoms with van der Waals surface area (Å²) in [6.07, 6.45) is -0.207. The number of thiophene rings is 1. The molecule has 0 aromatic carbocycles. The molecular weight excluding hydrogens is 396 g/mol. The van der Waals surface area contributed by atoms with Gasteiger partial charge in [0, 0.05) is 37.8 Å². The second kappa shape index (κ2) is 9.66. The fraction of sp³-hybridized carbons (Fsp3) is 0.474. The lowest BCUT2D eigenvalue weighted by atomic mass is 10.0. The van der Waals surface area contributed by atoms with Gasteiger partial charge in [0.15, 0.2) is 0 Å². The van der Waals surface area contributed by atoms with Crippen LogP contribution in [-0.2, 0) is 27.9 Å². The Balaban J connectivity index is 2.01. The topological polar surface area (TPSA) is 114 Å². The van der Waals surface area contributed by atoms with Gasteiger partial charge in [0.1, 0.15) is 4.88 Å². The predicted octanol–water partition coefficient (Wildman–Crippen LogP) is 2.05. The molecule has 0 radical (unpaired) electrons. The number of nitrogens with zero attached hydrogens (tertiary/aromatic N) is 3. The molecule has 9 nitrogen and oxygen atoms in total. The third-order valence-electron chi connectivity index (χ3n) is 4.71. The van der Waals surface area contributed by atoms with Gasteiger partial charge in [0.05, 0.1) is 24.4 Å².